The van der Waals surface area contributed by atoms with Gasteiger partial charge in [-0.2, -0.15) is 0 Å². The van der Waals surface area contributed by atoms with Crippen LogP contribution in [-0.2, 0) is 4.79 Å². The number of nitrogens with one attached hydrogen (secondary N) is 1. The first-order valence-electron chi connectivity index (χ1n) is 5.32. The molecular weight excluding hydrogens is 178 g/mol. The number of nitrogens with two attached hydrogens (primary N) is 1. The van der Waals surface area contributed by atoms with Crippen molar-refractivity contribution in [3.05, 3.63) is 0 Å². The summed E-state index contributed by atoms with van der Waals surface area (Å²) in [5, 5.41) is 3.28. The van der Waals surface area contributed by atoms with Gasteiger partial charge >= 0.3 is 0 Å². The van der Waals surface area contributed by atoms with Crippen LogP contribution in [0, 0.1) is 5.92 Å². The highest BCUT2D eigenvalue weighted by molar-refractivity contribution is 5.76. The molecule has 82 valence electrons. The number of carbonyl (C=O) groups excluding carboxylic acids is 1. The van der Waals surface area contributed by atoms with Crippen LogP contribution in [0.1, 0.15) is 19.8 Å². The van der Waals surface area contributed by atoms with Crippen LogP contribution in [0.3, 0.4) is 0 Å². The number of amides is 1. The van der Waals surface area contributed by atoms with Gasteiger partial charge in [-0.05, 0) is 26.4 Å². The van der Waals surface area contributed by atoms with Gasteiger partial charge in [0.25, 0.3) is 0 Å². The molecule has 1 aliphatic rings. The third kappa shape index (κ3) is 3.27. The second-order valence-electron chi connectivity index (χ2n) is 4.19. The summed E-state index contributed by atoms with van der Waals surface area (Å²) in [6.07, 6.45) is 2.44. The zero-order valence-electron chi connectivity index (χ0n) is 9.12. The molecule has 1 aliphatic heterocycles. The van der Waals surface area contributed by atoms with Gasteiger partial charge in [-0.25, -0.2) is 0 Å². The molecule has 0 aromatic carbocycles. The van der Waals surface area contributed by atoms with E-state index in [1.54, 1.807) is 0 Å². The molecule has 2 atom stereocenters. The summed E-state index contributed by atoms with van der Waals surface area (Å²) in [6, 6.07) is 0.573. The van der Waals surface area contributed by atoms with Gasteiger partial charge in [0.15, 0.2) is 0 Å². The molecule has 0 spiro atoms. The maximum atomic E-state index is 10.9. The highest BCUT2D eigenvalue weighted by Crippen LogP contribution is 2.11. The summed E-state index contributed by atoms with van der Waals surface area (Å²) in [5.41, 5.74) is 5.24. The Hall–Kier alpha value is -0.610. The Morgan fingerprint density at radius 3 is 3.00 bits per heavy atom. The second-order valence-corrected chi connectivity index (χ2v) is 4.19. The molecule has 0 bridgehead atoms. The van der Waals surface area contributed by atoms with Gasteiger partial charge in [-0.15, -0.1) is 0 Å². The van der Waals surface area contributed by atoms with Gasteiger partial charge in [-0.3, -0.25) is 4.79 Å². The summed E-state index contributed by atoms with van der Waals surface area (Å²) in [4.78, 5) is 13.2. The van der Waals surface area contributed by atoms with Gasteiger partial charge in [0.1, 0.15) is 0 Å². The fourth-order valence-electron chi connectivity index (χ4n) is 1.93. The Balaban J connectivity index is 2.33. The van der Waals surface area contributed by atoms with Crippen LogP contribution in [0.25, 0.3) is 0 Å². The smallest absolute Gasteiger partial charge is 0.221 e. The minimum absolute atomic E-state index is 0.0365. The van der Waals surface area contributed by atoms with Gasteiger partial charge in [-0.1, -0.05) is 6.92 Å². The van der Waals surface area contributed by atoms with E-state index in [9.17, 15) is 4.79 Å². The molecule has 0 radical (unpaired) electrons. The largest absolute Gasteiger partial charge is 0.369 e. The van der Waals surface area contributed by atoms with Crippen molar-refractivity contribution in [1.29, 1.82) is 0 Å². The Morgan fingerprint density at radius 1 is 1.71 bits per heavy atom. The van der Waals surface area contributed by atoms with E-state index >= 15 is 0 Å². The number of hydrogen-bond acceptors (Lipinski definition) is 3. The second kappa shape index (κ2) is 5.32. The molecule has 0 saturated carbocycles. The van der Waals surface area contributed by atoms with E-state index in [2.05, 4.69) is 10.2 Å². The van der Waals surface area contributed by atoms with E-state index < -0.39 is 0 Å². The van der Waals surface area contributed by atoms with Crippen molar-refractivity contribution in [2.75, 3.05) is 26.7 Å². The first-order valence-corrected chi connectivity index (χ1v) is 5.32. The van der Waals surface area contributed by atoms with Crippen molar-refractivity contribution in [1.82, 2.24) is 10.2 Å². The first kappa shape index (κ1) is 11.5. The number of hydrogen-bond donors (Lipinski definition) is 2. The molecule has 1 fully saturated rings. The average Bonchev–Trinajstić information content (AvgIpc) is 2.18. The predicted molar refractivity (Wildman–Crippen MR) is 56.9 cm³/mol. The van der Waals surface area contributed by atoms with Crippen molar-refractivity contribution < 1.29 is 4.79 Å². The predicted octanol–water partition coefficient (Wildman–Crippen LogP) is -0.208. The normalized spacial score (nSPS) is 26.0. The molecule has 0 aromatic heterocycles. The van der Waals surface area contributed by atoms with Crippen molar-refractivity contribution in [3.63, 3.8) is 0 Å². The lowest BCUT2D eigenvalue weighted by atomic mass is 10.0. The molecule has 4 nitrogen and oxygen atoms in total. The van der Waals surface area contributed by atoms with Crippen LogP contribution in [0.2, 0.25) is 0 Å². The molecule has 0 aromatic rings. The van der Waals surface area contributed by atoms with Gasteiger partial charge < -0.3 is 16.0 Å². The zero-order valence-corrected chi connectivity index (χ0v) is 9.12. The topological polar surface area (TPSA) is 58.4 Å². The molecule has 2 unspecified atom stereocenters. The molecule has 1 saturated heterocycles. The van der Waals surface area contributed by atoms with E-state index in [1.807, 2.05) is 14.0 Å². The Kier molecular flexibility index (Phi) is 4.35. The fraction of sp³-hybridized carbons (Fsp3) is 0.900. The summed E-state index contributed by atoms with van der Waals surface area (Å²) in [6.45, 7) is 4.82. The summed E-state index contributed by atoms with van der Waals surface area (Å²) >= 11 is 0. The zero-order chi connectivity index (χ0) is 10.6. The van der Waals surface area contributed by atoms with E-state index in [1.165, 1.54) is 12.8 Å². The Morgan fingerprint density at radius 2 is 2.43 bits per heavy atom. The number of likely N-dealkylation sites (tertiary alicyclic amines) is 1. The standard InChI is InChI=1S/C10H21N3O/c1-8(10(11)14)6-13-5-3-4-9(7-13)12-2/h8-9,12H,3-7H2,1-2H3,(H2,11,14). The van der Waals surface area contributed by atoms with Crippen molar-refractivity contribution >= 4 is 5.91 Å². The molecule has 1 amide bonds. The third-order valence-electron chi connectivity index (χ3n) is 2.93. The van der Waals surface area contributed by atoms with Crippen molar-refractivity contribution in [2.45, 2.75) is 25.8 Å². The molecule has 0 aliphatic carbocycles. The van der Waals surface area contributed by atoms with Crippen LogP contribution in [0.5, 0.6) is 0 Å². The number of piperidine rings is 1. The number of carbonyl (C=O) groups is 1. The van der Waals surface area contributed by atoms with Crippen molar-refractivity contribution in [3.8, 4) is 0 Å². The van der Waals surface area contributed by atoms with E-state index in [4.69, 9.17) is 5.73 Å². The summed E-state index contributed by atoms with van der Waals surface area (Å²) in [7, 11) is 1.99. The molecule has 14 heavy (non-hydrogen) atoms. The molecular formula is C10H21N3O. The van der Waals surface area contributed by atoms with Crippen LogP contribution in [-0.4, -0.2) is 43.5 Å². The SMILES string of the molecule is CNC1CCCN(CC(C)C(N)=O)C1. The molecule has 1 heterocycles. The number of likely N-dealkylation sites (N-methyl/N-ethyl adjacent to an activating group) is 1. The van der Waals surface area contributed by atoms with Crippen LogP contribution in [0.15, 0.2) is 0 Å². The van der Waals surface area contributed by atoms with Crippen LogP contribution >= 0.6 is 0 Å². The summed E-state index contributed by atoms with van der Waals surface area (Å²) in [5.74, 6) is -0.234. The minimum Gasteiger partial charge on any atom is -0.369 e. The number of primary amides is 1. The summed E-state index contributed by atoms with van der Waals surface area (Å²) < 4.78 is 0. The van der Waals surface area contributed by atoms with Gasteiger partial charge in [0.2, 0.25) is 5.91 Å². The molecule has 1 rings (SSSR count). The van der Waals surface area contributed by atoms with E-state index in [-0.39, 0.29) is 11.8 Å². The molecule has 4 heteroatoms. The number of nitrogens with zero attached hydrogens (tertiary/aromatic N) is 1. The van der Waals surface area contributed by atoms with Crippen molar-refractivity contribution in [2.24, 2.45) is 11.7 Å². The van der Waals surface area contributed by atoms with Gasteiger partial charge in [0.05, 0.1) is 0 Å². The third-order valence-corrected chi connectivity index (χ3v) is 2.93. The highest BCUT2D eigenvalue weighted by Gasteiger charge is 2.21. The fourth-order valence-corrected chi connectivity index (χ4v) is 1.93. The first-order chi connectivity index (χ1) is 6.63. The van der Waals surface area contributed by atoms with Crippen LogP contribution < -0.4 is 11.1 Å². The van der Waals surface area contributed by atoms with E-state index in [0.29, 0.717) is 6.04 Å². The monoisotopic (exact) mass is 199 g/mol. The maximum Gasteiger partial charge on any atom is 0.221 e. The lowest BCUT2D eigenvalue weighted by Crippen LogP contribution is -2.47. The Bertz CT molecular complexity index is 196. The van der Waals surface area contributed by atoms with Crippen LogP contribution in [0.4, 0.5) is 0 Å². The van der Waals surface area contributed by atoms with E-state index in [0.717, 1.165) is 19.6 Å². The van der Waals surface area contributed by atoms with Gasteiger partial charge in [0, 0.05) is 25.0 Å². The molecule has 3 N–H and O–H groups in total. The Labute approximate surface area is 85.8 Å². The quantitative estimate of drug-likeness (QED) is 0.659. The lowest BCUT2D eigenvalue weighted by Gasteiger charge is -2.33. The lowest BCUT2D eigenvalue weighted by molar-refractivity contribution is -0.121. The minimum atomic E-state index is -0.198. The maximum absolute atomic E-state index is 10.9. The number of rotatable bonds is 4. The highest BCUT2D eigenvalue weighted by atomic mass is 16.1. The average molecular weight is 199 g/mol.